The maximum Gasteiger partial charge on any atom is 0.188 e. The molecule has 1 aromatic rings. The van der Waals surface area contributed by atoms with Crippen molar-refractivity contribution in [3.8, 4) is 0 Å². The molecule has 20 heavy (non-hydrogen) atoms. The molecule has 1 aromatic heterocycles. The molecule has 0 aliphatic rings. The summed E-state index contributed by atoms with van der Waals surface area (Å²) in [7, 11) is 1.92. The molecule has 0 saturated heterocycles. The molecule has 0 amide bonds. The van der Waals surface area contributed by atoms with E-state index in [2.05, 4.69) is 22.3 Å². The highest BCUT2D eigenvalue weighted by atomic mass is 15.2. The second kappa shape index (κ2) is 10.3. The standard InChI is InChI=1S/C15H29N5/c1-3-4-5-6-7-8-10-17-15(16)18-11-9-14-12-19-20(2)13-14/h12-13H,3-11H2,1-2H3,(H3,16,17,18). The average Bonchev–Trinajstić information content (AvgIpc) is 2.83. The molecule has 1 heterocycles. The predicted molar refractivity (Wildman–Crippen MR) is 84.8 cm³/mol. The molecule has 0 aliphatic heterocycles. The second-order valence-electron chi connectivity index (χ2n) is 5.23. The number of hydrogen-bond acceptors (Lipinski definition) is 2. The van der Waals surface area contributed by atoms with E-state index < -0.39 is 0 Å². The first-order chi connectivity index (χ1) is 9.72. The van der Waals surface area contributed by atoms with Crippen molar-refractivity contribution >= 4 is 5.96 Å². The number of guanidine groups is 1. The maximum atomic E-state index is 5.82. The van der Waals surface area contributed by atoms with Crippen molar-refractivity contribution in [3.63, 3.8) is 0 Å². The van der Waals surface area contributed by atoms with Crippen LogP contribution in [0, 0.1) is 0 Å². The van der Waals surface area contributed by atoms with Crippen LogP contribution in [0.4, 0.5) is 0 Å². The van der Waals surface area contributed by atoms with Gasteiger partial charge in [-0.1, -0.05) is 39.0 Å². The van der Waals surface area contributed by atoms with E-state index in [1.165, 1.54) is 37.7 Å². The van der Waals surface area contributed by atoms with Crippen molar-refractivity contribution in [1.82, 2.24) is 15.1 Å². The van der Waals surface area contributed by atoms with Gasteiger partial charge in [0.1, 0.15) is 0 Å². The number of aryl methyl sites for hydroxylation is 1. The lowest BCUT2D eigenvalue weighted by atomic mass is 10.1. The summed E-state index contributed by atoms with van der Waals surface area (Å²) in [4.78, 5) is 4.34. The summed E-state index contributed by atoms with van der Waals surface area (Å²) in [5, 5.41) is 7.28. The Labute approximate surface area is 122 Å². The van der Waals surface area contributed by atoms with Gasteiger partial charge in [-0.2, -0.15) is 5.10 Å². The van der Waals surface area contributed by atoms with Gasteiger partial charge in [0.15, 0.2) is 5.96 Å². The molecule has 0 unspecified atom stereocenters. The van der Waals surface area contributed by atoms with Crippen LogP contribution in [0.3, 0.4) is 0 Å². The lowest BCUT2D eigenvalue weighted by Gasteiger charge is -2.04. The van der Waals surface area contributed by atoms with Gasteiger partial charge in [-0.15, -0.1) is 0 Å². The van der Waals surface area contributed by atoms with Crippen LogP contribution in [0.15, 0.2) is 17.4 Å². The summed E-state index contributed by atoms with van der Waals surface area (Å²) in [6.07, 6.45) is 12.5. The third kappa shape index (κ3) is 7.81. The van der Waals surface area contributed by atoms with Crippen LogP contribution in [0.5, 0.6) is 0 Å². The number of nitrogens with zero attached hydrogens (tertiary/aromatic N) is 3. The van der Waals surface area contributed by atoms with Crippen molar-refractivity contribution < 1.29 is 0 Å². The number of nitrogens with two attached hydrogens (primary N) is 1. The fraction of sp³-hybridized carbons (Fsp3) is 0.733. The summed E-state index contributed by atoms with van der Waals surface area (Å²) in [5.41, 5.74) is 7.04. The third-order valence-corrected chi connectivity index (χ3v) is 3.27. The lowest BCUT2D eigenvalue weighted by molar-refractivity contribution is 0.611. The number of hydrogen-bond donors (Lipinski definition) is 2. The summed E-state index contributed by atoms with van der Waals surface area (Å²) in [6, 6.07) is 0. The smallest absolute Gasteiger partial charge is 0.188 e. The number of rotatable bonds is 10. The van der Waals surface area contributed by atoms with E-state index in [0.717, 1.165) is 25.9 Å². The molecule has 5 heteroatoms. The molecule has 0 aromatic carbocycles. The number of nitrogens with one attached hydrogen (secondary N) is 1. The summed E-state index contributed by atoms with van der Waals surface area (Å²) < 4.78 is 1.81. The van der Waals surface area contributed by atoms with Gasteiger partial charge in [-0.05, 0) is 18.4 Å². The Morgan fingerprint density at radius 1 is 1.30 bits per heavy atom. The number of aromatic nitrogens is 2. The second-order valence-corrected chi connectivity index (χ2v) is 5.23. The van der Waals surface area contributed by atoms with Gasteiger partial charge in [-0.25, -0.2) is 0 Å². The Morgan fingerprint density at radius 3 is 2.75 bits per heavy atom. The quantitative estimate of drug-likeness (QED) is 0.392. The van der Waals surface area contributed by atoms with E-state index in [4.69, 9.17) is 5.73 Å². The molecule has 114 valence electrons. The summed E-state index contributed by atoms with van der Waals surface area (Å²) >= 11 is 0. The molecule has 0 saturated carbocycles. The largest absolute Gasteiger partial charge is 0.370 e. The zero-order chi connectivity index (χ0) is 14.6. The third-order valence-electron chi connectivity index (χ3n) is 3.27. The molecule has 1 rings (SSSR count). The van der Waals surface area contributed by atoms with E-state index >= 15 is 0 Å². The molecule has 0 aliphatic carbocycles. The summed E-state index contributed by atoms with van der Waals surface area (Å²) in [6.45, 7) is 3.87. The van der Waals surface area contributed by atoms with Gasteiger partial charge in [0.05, 0.1) is 6.20 Å². The Kier molecular flexibility index (Phi) is 8.51. The minimum atomic E-state index is 0.558. The molecular formula is C15H29N5. The Morgan fingerprint density at radius 2 is 2.05 bits per heavy atom. The zero-order valence-corrected chi connectivity index (χ0v) is 12.9. The van der Waals surface area contributed by atoms with E-state index in [1.807, 2.05) is 24.1 Å². The van der Waals surface area contributed by atoms with Crippen LogP contribution in [0.2, 0.25) is 0 Å². The Bertz CT molecular complexity index is 383. The highest BCUT2D eigenvalue weighted by molar-refractivity contribution is 5.77. The van der Waals surface area contributed by atoms with Crippen molar-refractivity contribution in [1.29, 1.82) is 0 Å². The minimum Gasteiger partial charge on any atom is -0.370 e. The van der Waals surface area contributed by atoms with Gasteiger partial charge in [0, 0.05) is 26.3 Å². The van der Waals surface area contributed by atoms with Gasteiger partial charge in [-0.3, -0.25) is 9.67 Å². The van der Waals surface area contributed by atoms with Gasteiger partial charge in [0.25, 0.3) is 0 Å². The topological polar surface area (TPSA) is 68.2 Å². The van der Waals surface area contributed by atoms with Gasteiger partial charge >= 0.3 is 0 Å². The van der Waals surface area contributed by atoms with Gasteiger partial charge in [0.2, 0.25) is 0 Å². The van der Waals surface area contributed by atoms with Crippen LogP contribution in [-0.2, 0) is 13.5 Å². The summed E-state index contributed by atoms with van der Waals surface area (Å²) in [5.74, 6) is 0.558. The molecule has 0 radical (unpaired) electrons. The first kappa shape index (κ1) is 16.5. The normalized spacial score (nSPS) is 11.8. The SMILES string of the molecule is CCCCCCCCN=C(N)NCCc1cnn(C)c1. The molecule has 0 atom stereocenters. The molecule has 0 bridgehead atoms. The molecular weight excluding hydrogens is 250 g/mol. The minimum absolute atomic E-state index is 0.558. The average molecular weight is 279 g/mol. The predicted octanol–water partition coefficient (Wildman–Crippen LogP) is 2.23. The first-order valence-corrected chi connectivity index (χ1v) is 7.73. The van der Waals surface area contributed by atoms with Crippen LogP contribution in [0.25, 0.3) is 0 Å². The van der Waals surface area contributed by atoms with Crippen LogP contribution in [-0.4, -0.2) is 28.8 Å². The van der Waals surface area contributed by atoms with Crippen LogP contribution in [0.1, 0.15) is 51.0 Å². The monoisotopic (exact) mass is 279 g/mol. The number of aliphatic imine (C=N–C) groups is 1. The molecule has 0 spiro atoms. The van der Waals surface area contributed by atoms with Crippen molar-refractivity contribution in [2.75, 3.05) is 13.1 Å². The van der Waals surface area contributed by atoms with Crippen molar-refractivity contribution in [2.24, 2.45) is 17.8 Å². The molecule has 5 nitrogen and oxygen atoms in total. The van der Waals surface area contributed by atoms with E-state index in [0.29, 0.717) is 5.96 Å². The molecule has 3 N–H and O–H groups in total. The van der Waals surface area contributed by atoms with Crippen molar-refractivity contribution in [2.45, 2.75) is 51.9 Å². The highest BCUT2D eigenvalue weighted by Crippen LogP contribution is 2.04. The van der Waals surface area contributed by atoms with Gasteiger partial charge < -0.3 is 11.1 Å². The van der Waals surface area contributed by atoms with Crippen molar-refractivity contribution in [3.05, 3.63) is 18.0 Å². The fourth-order valence-corrected chi connectivity index (χ4v) is 2.08. The maximum absolute atomic E-state index is 5.82. The Hall–Kier alpha value is -1.52. The first-order valence-electron chi connectivity index (χ1n) is 7.73. The van der Waals surface area contributed by atoms with E-state index in [-0.39, 0.29) is 0 Å². The molecule has 0 fully saturated rings. The van der Waals surface area contributed by atoms with Crippen LogP contribution >= 0.6 is 0 Å². The van der Waals surface area contributed by atoms with Crippen LogP contribution < -0.4 is 11.1 Å². The van der Waals surface area contributed by atoms with E-state index in [9.17, 15) is 0 Å². The van der Waals surface area contributed by atoms with E-state index in [1.54, 1.807) is 0 Å². The zero-order valence-electron chi connectivity index (χ0n) is 12.9. The highest BCUT2D eigenvalue weighted by Gasteiger charge is 1.97. The fourth-order valence-electron chi connectivity index (χ4n) is 2.08. The Balaban J connectivity index is 2.01. The lowest BCUT2D eigenvalue weighted by Crippen LogP contribution is -2.33. The number of unbranched alkanes of at least 4 members (excludes halogenated alkanes) is 5.